The first kappa shape index (κ1) is 19.5. The van der Waals surface area contributed by atoms with Gasteiger partial charge in [-0.15, -0.1) is 11.3 Å². The summed E-state index contributed by atoms with van der Waals surface area (Å²) in [5, 5.41) is 3.86. The molecular formula is C16H19N3O6S2. The maximum Gasteiger partial charge on any atom is 0.357 e. The molecule has 0 atom stereocenters. The van der Waals surface area contributed by atoms with Crippen LogP contribution in [0.25, 0.3) is 0 Å². The zero-order valence-corrected chi connectivity index (χ0v) is 16.3. The molecule has 0 saturated carbocycles. The van der Waals surface area contributed by atoms with Crippen LogP contribution in [0.4, 0.5) is 5.13 Å². The molecule has 1 saturated heterocycles. The molecule has 0 spiro atoms. The van der Waals surface area contributed by atoms with Crippen LogP contribution < -0.4 is 5.32 Å². The summed E-state index contributed by atoms with van der Waals surface area (Å²) in [7, 11) is -3.75. The molecule has 1 fully saturated rings. The van der Waals surface area contributed by atoms with Gasteiger partial charge in [-0.1, -0.05) is 6.42 Å². The molecule has 0 unspecified atom stereocenters. The van der Waals surface area contributed by atoms with Crippen LogP contribution in [0.5, 0.6) is 0 Å². The molecule has 3 heterocycles. The second kappa shape index (κ2) is 8.19. The van der Waals surface area contributed by atoms with Crippen LogP contribution >= 0.6 is 11.3 Å². The molecular weight excluding hydrogens is 394 g/mol. The van der Waals surface area contributed by atoms with E-state index in [1.807, 2.05) is 0 Å². The second-order valence-corrected chi connectivity index (χ2v) is 8.52. The average molecular weight is 413 g/mol. The summed E-state index contributed by atoms with van der Waals surface area (Å²) in [4.78, 5) is 27.8. The smallest absolute Gasteiger partial charge is 0.357 e. The molecule has 1 amide bonds. The number of piperidine rings is 1. The van der Waals surface area contributed by atoms with Crippen molar-refractivity contribution in [1.29, 1.82) is 0 Å². The minimum absolute atomic E-state index is 0.0879. The highest BCUT2D eigenvalue weighted by Gasteiger charge is 2.29. The van der Waals surface area contributed by atoms with Gasteiger partial charge < -0.3 is 9.15 Å². The number of anilines is 1. The Hall–Kier alpha value is -2.24. The largest absolute Gasteiger partial charge is 0.461 e. The predicted octanol–water partition coefficient (Wildman–Crippen LogP) is 2.34. The number of carbonyl (C=O) groups excluding carboxylic acids is 2. The van der Waals surface area contributed by atoms with Gasteiger partial charge in [0.1, 0.15) is 0 Å². The highest BCUT2D eigenvalue weighted by atomic mass is 32.2. The lowest BCUT2D eigenvalue weighted by atomic mass is 10.2. The molecule has 2 aromatic heterocycles. The van der Waals surface area contributed by atoms with E-state index in [1.165, 1.54) is 21.8 Å². The Labute approximate surface area is 160 Å². The maximum atomic E-state index is 12.6. The fraction of sp³-hybridized carbons (Fsp3) is 0.438. The Balaban J connectivity index is 1.69. The van der Waals surface area contributed by atoms with Crippen molar-refractivity contribution >= 4 is 38.4 Å². The van der Waals surface area contributed by atoms with Gasteiger partial charge in [-0.05, 0) is 31.9 Å². The maximum absolute atomic E-state index is 12.6. The monoisotopic (exact) mass is 413 g/mol. The van der Waals surface area contributed by atoms with Gasteiger partial charge in [0.2, 0.25) is 5.09 Å². The number of esters is 1. The number of amides is 1. The van der Waals surface area contributed by atoms with E-state index in [-0.39, 0.29) is 28.3 Å². The lowest BCUT2D eigenvalue weighted by Crippen LogP contribution is -2.35. The van der Waals surface area contributed by atoms with E-state index in [0.717, 1.165) is 30.6 Å². The quantitative estimate of drug-likeness (QED) is 0.722. The first-order chi connectivity index (χ1) is 12.9. The Bertz CT molecular complexity index is 928. The van der Waals surface area contributed by atoms with Crippen molar-refractivity contribution in [1.82, 2.24) is 9.29 Å². The zero-order chi connectivity index (χ0) is 19.4. The number of hydrogen-bond acceptors (Lipinski definition) is 8. The van der Waals surface area contributed by atoms with Crippen LogP contribution in [-0.2, 0) is 14.8 Å². The van der Waals surface area contributed by atoms with Crippen LogP contribution in [0.2, 0.25) is 0 Å². The van der Waals surface area contributed by atoms with E-state index < -0.39 is 21.9 Å². The number of carbonyl (C=O) groups is 2. The molecule has 3 rings (SSSR count). The van der Waals surface area contributed by atoms with Gasteiger partial charge >= 0.3 is 5.97 Å². The van der Waals surface area contributed by atoms with Crippen molar-refractivity contribution in [3.05, 3.63) is 29.0 Å². The van der Waals surface area contributed by atoms with Gasteiger partial charge in [0.15, 0.2) is 16.6 Å². The standard InChI is InChI=1S/C16H19N3O6S2/c1-2-24-15(21)11-10-26-16(17-11)18-14(20)12-6-7-13(25-12)27(22,23)19-8-4-3-5-9-19/h6-7,10H,2-5,8-9H2,1H3,(H,17,18,20). The first-order valence-corrected chi connectivity index (χ1v) is 10.8. The topological polar surface area (TPSA) is 119 Å². The van der Waals surface area contributed by atoms with Crippen LogP contribution in [0.15, 0.2) is 27.0 Å². The minimum Gasteiger partial charge on any atom is -0.461 e. The summed E-state index contributed by atoms with van der Waals surface area (Å²) in [6.07, 6.45) is 2.61. The summed E-state index contributed by atoms with van der Waals surface area (Å²) in [6, 6.07) is 2.57. The van der Waals surface area contributed by atoms with E-state index in [9.17, 15) is 18.0 Å². The van der Waals surface area contributed by atoms with Crippen molar-refractivity contribution in [2.45, 2.75) is 31.3 Å². The lowest BCUT2D eigenvalue weighted by molar-refractivity contribution is 0.0520. The van der Waals surface area contributed by atoms with Crippen LogP contribution in [0.3, 0.4) is 0 Å². The van der Waals surface area contributed by atoms with Crippen molar-refractivity contribution in [3.63, 3.8) is 0 Å². The molecule has 1 aliphatic heterocycles. The number of furan rings is 1. The second-order valence-electron chi connectivity index (χ2n) is 5.80. The highest BCUT2D eigenvalue weighted by molar-refractivity contribution is 7.89. The summed E-state index contributed by atoms with van der Waals surface area (Å²) in [5.41, 5.74) is 0.0879. The number of aromatic nitrogens is 1. The molecule has 1 aliphatic rings. The fourth-order valence-corrected chi connectivity index (χ4v) is 4.71. The molecule has 146 valence electrons. The molecule has 27 heavy (non-hydrogen) atoms. The molecule has 0 radical (unpaired) electrons. The van der Waals surface area contributed by atoms with Crippen molar-refractivity contribution < 1.29 is 27.2 Å². The molecule has 1 N–H and O–H groups in total. The number of rotatable bonds is 6. The van der Waals surface area contributed by atoms with Gasteiger partial charge in [-0.2, -0.15) is 4.31 Å². The summed E-state index contributed by atoms with van der Waals surface area (Å²) < 4.78 is 36.6. The third-order valence-corrected chi connectivity index (χ3v) is 6.45. The number of thiazole rings is 1. The molecule has 0 aromatic carbocycles. The molecule has 2 aromatic rings. The lowest BCUT2D eigenvalue weighted by Gasteiger charge is -2.24. The van der Waals surface area contributed by atoms with Crippen molar-refractivity contribution in [3.8, 4) is 0 Å². The van der Waals surface area contributed by atoms with Gasteiger partial charge in [0.25, 0.3) is 15.9 Å². The van der Waals surface area contributed by atoms with Crippen LogP contribution in [0.1, 0.15) is 47.2 Å². The van der Waals surface area contributed by atoms with Crippen molar-refractivity contribution in [2.75, 3.05) is 25.0 Å². The summed E-state index contributed by atoms with van der Waals surface area (Å²) in [5.74, 6) is -1.39. The van der Waals surface area contributed by atoms with E-state index in [4.69, 9.17) is 9.15 Å². The summed E-state index contributed by atoms with van der Waals surface area (Å²) in [6.45, 7) is 2.79. The van der Waals surface area contributed by atoms with Gasteiger partial charge in [-0.25, -0.2) is 18.2 Å². The molecule has 0 aliphatic carbocycles. The normalized spacial score (nSPS) is 15.4. The number of sulfonamides is 1. The number of nitrogens with one attached hydrogen (secondary N) is 1. The van der Waals surface area contributed by atoms with E-state index in [2.05, 4.69) is 10.3 Å². The van der Waals surface area contributed by atoms with Crippen molar-refractivity contribution in [2.24, 2.45) is 0 Å². The Morgan fingerprint density at radius 1 is 1.30 bits per heavy atom. The van der Waals surface area contributed by atoms with Crippen LogP contribution in [-0.4, -0.2) is 49.3 Å². The van der Waals surface area contributed by atoms with Gasteiger partial charge in [0, 0.05) is 18.5 Å². The Kier molecular flexibility index (Phi) is 5.92. The first-order valence-electron chi connectivity index (χ1n) is 8.46. The highest BCUT2D eigenvalue weighted by Crippen LogP contribution is 2.23. The van der Waals surface area contributed by atoms with Gasteiger partial charge in [-0.3, -0.25) is 10.1 Å². The van der Waals surface area contributed by atoms with E-state index >= 15 is 0 Å². The molecule has 9 nitrogen and oxygen atoms in total. The fourth-order valence-electron chi connectivity index (χ4n) is 2.60. The Morgan fingerprint density at radius 2 is 2.04 bits per heavy atom. The summed E-state index contributed by atoms with van der Waals surface area (Å²) >= 11 is 1.05. The number of hydrogen-bond donors (Lipinski definition) is 1. The zero-order valence-electron chi connectivity index (χ0n) is 14.6. The SMILES string of the molecule is CCOC(=O)c1csc(NC(=O)c2ccc(S(=O)(=O)N3CCCCC3)o2)n1. The van der Waals surface area contributed by atoms with E-state index in [1.54, 1.807) is 6.92 Å². The minimum atomic E-state index is -3.75. The van der Waals surface area contributed by atoms with Crippen LogP contribution in [0, 0.1) is 0 Å². The number of nitrogens with zero attached hydrogens (tertiary/aromatic N) is 2. The third kappa shape index (κ3) is 4.37. The molecule has 0 bridgehead atoms. The number of ether oxygens (including phenoxy) is 1. The average Bonchev–Trinajstić information content (AvgIpc) is 3.33. The molecule has 11 heteroatoms. The van der Waals surface area contributed by atoms with Gasteiger partial charge in [0.05, 0.1) is 6.61 Å². The predicted molar refractivity (Wildman–Crippen MR) is 97.3 cm³/mol. The third-order valence-electron chi connectivity index (χ3n) is 3.92. The van der Waals surface area contributed by atoms with E-state index in [0.29, 0.717) is 13.1 Å². The Morgan fingerprint density at radius 3 is 2.74 bits per heavy atom.